The number of halogens is 3. The number of benzene rings is 2. The molecule has 0 amide bonds. The minimum atomic E-state index is -4.12. The van der Waals surface area contributed by atoms with Crippen molar-refractivity contribution < 1.29 is 12.8 Å². The molecule has 0 fully saturated rings. The summed E-state index contributed by atoms with van der Waals surface area (Å²) >= 11 is 8.81. The second-order valence-electron chi connectivity index (χ2n) is 3.93. The Balaban J connectivity index is 2.46. The monoisotopic (exact) mass is 378 g/mol. The van der Waals surface area contributed by atoms with Gasteiger partial charge in [-0.3, -0.25) is 4.72 Å². The van der Waals surface area contributed by atoms with Crippen LogP contribution in [0.15, 0.2) is 45.8 Å². The summed E-state index contributed by atoms with van der Waals surface area (Å²) in [5, 5.41) is -0.348. The first-order chi connectivity index (χ1) is 9.29. The van der Waals surface area contributed by atoms with Crippen molar-refractivity contribution in [2.75, 3.05) is 10.5 Å². The fourth-order valence-corrected chi connectivity index (χ4v) is 3.41. The molecule has 0 atom stereocenters. The van der Waals surface area contributed by atoms with Crippen molar-refractivity contribution >= 4 is 48.9 Å². The molecule has 20 heavy (non-hydrogen) atoms. The molecule has 0 aliphatic carbocycles. The van der Waals surface area contributed by atoms with Crippen LogP contribution in [0, 0.1) is 5.82 Å². The van der Waals surface area contributed by atoms with E-state index in [-0.39, 0.29) is 16.4 Å². The lowest BCUT2D eigenvalue weighted by Crippen LogP contribution is -2.15. The van der Waals surface area contributed by atoms with Crippen LogP contribution in [0.4, 0.5) is 15.8 Å². The highest BCUT2D eigenvalue weighted by atomic mass is 79.9. The number of hydrogen-bond donors (Lipinski definition) is 2. The van der Waals surface area contributed by atoms with Crippen LogP contribution in [0.1, 0.15) is 0 Å². The third-order valence-electron chi connectivity index (χ3n) is 2.38. The standard InChI is InChI=1S/C12H9BrClFN2O2S/c13-7-2-1-3-9(4-7)17-20(18,19)11-6-8(16)5-10(14)12(11)15/h1-6,17H,16H2. The number of sulfonamides is 1. The van der Waals surface area contributed by atoms with Gasteiger partial charge in [0.05, 0.1) is 5.02 Å². The number of nitrogens with two attached hydrogens (primary N) is 1. The van der Waals surface area contributed by atoms with E-state index in [1.165, 1.54) is 6.07 Å². The SMILES string of the molecule is Nc1cc(Cl)c(F)c(S(=O)(=O)Nc2cccc(Br)c2)c1. The summed E-state index contributed by atoms with van der Waals surface area (Å²) in [5.74, 6) is -1.04. The number of nitrogens with one attached hydrogen (secondary N) is 1. The molecular formula is C12H9BrClFN2O2S. The van der Waals surface area contributed by atoms with E-state index in [2.05, 4.69) is 20.7 Å². The summed E-state index contributed by atoms with van der Waals surface area (Å²) in [4.78, 5) is -0.595. The second kappa shape index (κ2) is 5.59. The van der Waals surface area contributed by atoms with Crippen molar-refractivity contribution in [1.29, 1.82) is 0 Å². The first kappa shape index (κ1) is 15.1. The minimum Gasteiger partial charge on any atom is -0.399 e. The highest BCUT2D eigenvalue weighted by Gasteiger charge is 2.22. The first-order valence-electron chi connectivity index (χ1n) is 5.32. The maximum absolute atomic E-state index is 13.8. The van der Waals surface area contributed by atoms with Crippen molar-refractivity contribution in [2.45, 2.75) is 4.90 Å². The van der Waals surface area contributed by atoms with Gasteiger partial charge >= 0.3 is 0 Å². The van der Waals surface area contributed by atoms with E-state index in [0.717, 1.165) is 12.1 Å². The zero-order valence-corrected chi connectivity index (χ0v) is 13.1. The Morgan fingerprint density at radius 3 is 2.60 bits per heavy atom. The molecule has 2 rings (SSSR count). The predicted octanol–water partition coefficient (Wildman–Crippen LogP) is 3.62. The van der Waals surface area contributed by atoms with Crippen LogP contribution in [-0.4, -0.2) is 8.42 Å². The Morgan fingerprint density at radius 1 is 1.25 bits per heavy atom. The second-order valence-corrected chi connectivity index (χ2v) is 6.90. The van der Waals surface area contributed by atoms with Gasteiger partial charge in [-0.25, -0.2) is 12.8 Å². The summed E-state index contributed by atoms with van der Waals surface area (Å²) < 4.78 is 41.1. The van der Waals surface area contributed by atoms with Gasteiger partial charge in [-0.1, -0.05) is 33.6 Å². The number of rotatable bonds is 3. The van der Waals surface area contributed by atoms with Crippen molar-refractivity contribution in [3.63, 3.8) is 0 Å². The molecule has 0 heterocycles. The number of anilines is 2. The van der Waals surface area contributed by atoms with E-state index in [4.69, 9.17) is 17.3 Å². The molecule has 0 spiro atoms. The maximum Gasteiger partial charge on any atom is 0.264 e. The Hall–Kier alpha value is -1.31. The highest BCUT2D eigenvalue weighted by Crippen LogP contribution is 2.27. The molecular weight excluding hydrogens is 371 g/mol. The smallest absolute Gasteiger partial charge is 0.264 e. The van der Waals surface area contributed by atoms with Crippen LogP contribution in [0.2, 0.25) is 5.02 Å². The molecule has 0 bridgehead atoms. The molecule has 0 saturated heterocycles. The summed E-state index contributed by atoms with van der Waals surface area (Å²) in [6.07, 6.45) is 0. The summed E-state index contributed by atoms with van der Waals surface area (Å²) in [6, 6.07) is 8.62. The van der Waals surface area contributed by atoms with E-state index in [1.807, 2.05) is 0 Å². The molecule has 3 N–H and O–H groups in total. The van der Waals surface area contributed by atoms with Crippen LogP contribution >= 0.6 is 27.5 Å². The van der Waals surface area contributed by atoms with Crippen molar-refractivity contribution in [1.82, 2.24) is 0 Å². The summed E-state index contributed by atoms with van der Waals surface area (Å²) in [7, 11) is -4.12. The molecule has 0 aliphatic heterocycles. The Kier molecular flexibility index (Phi) is 4.22. The first-order valence-corrected chi connectivity index (χ1v) is 7.98. The normalized spacial score (nSPS) is 11.3. The molecule has 0 aromatic heterocycles. The molecule has 4 nitrogen and oxygen atoms in total. The van der Waals surface area contributed by atoms with Gasteiger partial charge in [0.1, 0.15) is 4.90 Å². The molecule has 8 heteroatoms. The van der Waals surface area contributed by atoms with Crippen LogP contribution < -0.4 is 10.5 Å². The average Bonchev–Trinajstić information content (AvgIpc) is 2.33. The zero-order chi connectivity index (χ0) is 14.9. The summed E-state index contributed by atoms with van der Waals surface area (Å²) in [6.45, 7) is 0. The molecule has 0 radical (unpaired) electrons. The molecule has 0 unspecified atom stereocenters. The van der Waals surface area contributed by atoms with Gasteiger partial charge < -0.3 is 5.73 Å². The Morgan fingerprint density at radius 2 is 1.95 bits per heavy atom. The van der Waals surface area contributed by atoms with Gasteiger partial charge in [-0.15, -0.1) is 0 Å². The minimum absolute atomic E-state index is 0.0611. The largest absolute Gasteiger partial charge is 0.399 e. The lowest BCUT2D eigenvalue weighted by atomic mass is 10.3. The van der Waals surface area contributed by atoms with Crippen molar-refractivity contribution in [3.8, 4) is 0 Å². The lowest BCUT2D eigenvalue weighted by molar-refractivity contribution is 0.571. The molecule has 0 aliphatic rings. The van der Waals surface area contributed by atoms with Gasteiger partial charge in [-0.05, 0) is 30.3 Å². The van der Waals surface area contributed by atoms with Crippen LogP contribution in [0.3, 0.4) is 0 Å². The molecule has 2 aromatic rings. The zero-order valence-electron chi connectivity index (χ0n) is 9.90. The molecule has 0 saturated carbocycles. The van der Waals surface area contributed by atoms with Gasteiger partial charge in [-0.2, -0.15) is 0 Å². The van der Waals surface area contributed by atoms with Crippen molar-refractivity contribution in [3.05, 3.63) is 51.7 Å². The summed E-state index contributed by atoms with van der Waals surface area (Å²) in [5.41, 5.74) is 5.84. The van der Waals surface area contributed by atoms with Gasteiger partial charge in [0, 0.05) is 15.8 Å². The third-order valence-corrected chi connectivity index (χ3v) is 4.53. The van der Waals surface area contributed by atoms with Crippen LogP contribution in [-0.2, 0) is 10.0 Å². The molecule has 106 valence electrons. The van der Waals surface area contributed by atoms with Gasteiger partial charge in [0.25, 0.3) is 10.0 Å². The van der Waals surface area contributed by atoms with E-state index in [1.54, 1.807) is 18.2 Å². The topological polar surface area (TPSA) is 72.2 Å². The average molecular weight is 380 g/mol. The maximum atomic E-state index is 13.8. The van der Waals surface area contributed by atoms with E-state index in [9.17, 15) is 12.8 Å². The van der Waals surface area contributed by atoms with E-state index >= 15 is 0 Å². The van der Waals surface area contributed by atoms with Crippen LogP contribution in [0.5, 0.6) is 0 Å². The molecule has 2 aromatic carbocycles. The van der Waals surface area contributed by atoms with E-state index in [0.29, 0.717) is 4.47 Å². The number of hydrogen-bond acceptors (Lipinski definition) is 3. The fraction of sp³-hybridized carbons (Fsp3) is 0. The predicted molar refractivity (Wildman–Crippen MR) is 80.8 cm³/mol. The quantitative estimate of drug-likeness (QED) is 0.800. The van der Waals surface area contributed by atoms with Crippen molar-refractivity contribution in [2.24, 2.45) is 0 Å². The Labute approximate surface area is 128 Å². The van der Waals surface area contributed by atoms with Gasteiger partial charge in [0.15, 0.2) is 5.82 Å². The Bertz CT molecular complexity index is 768. The number of nitrogen functional groups attached to an aromatic ring is 1. The lowest BCUT2D eigenvalue weighted by Gasteiger charge is -2.10. The van der Waals surface area contributed by atoms with E-state index < -0.39 is 20.7 Å². The fourth-order valence-electron chi connectivity index (χ4n) is 1.54. The highest BCUT2D eigenvalue weighted by molar-refractivity contribution is 9.10. The van der Waals surface area contributed by atoms with Crippen LogP contribution in [0.25, 0.3) is 0 Å². The third kappa shape index (κ3) is 3.23. The van der Waals surface area contributed by atoms with Gasteiger partial charge in [0.2, 0.25) is 0 Å².